The Morgan fingerprint density at radius 3 is 2.71 bits per heavy atom. The number of benzene rings is 1. The quantitative estimate of drug-likeness (QED) is 0.586. The molecule has 0 radical (unpaired) electrons. The van der Waals surface area contributed by atoms with E-state index < -0.39 is 10.7 Å². The largest absolute Gasteiger partial charge is 0.310 e. The van der Waals surface area contributed by atoms with Crippen LogP contribution in [0.5, 0.6) is 0 Å². The van der Waals surface area contributed by atoms with Crippen molar-refractivity contribution in [1.29, 1.82) is 0 Å². The number of carbonyl (C=O) groups excluding carboxylic acids is 1. The van der Waals surface area contributed by atoms with Crippen LogP contribution in [0.2, 0.25) is 0 Å². The first kappa shape index (κ1) is 11.5. The van der Waals surface area contributed by atoms with Gasteiger partial charge in [-0.15, -0.1) is 0 Å². The summed E-state index contributed by atoms with van der Waals surface area (Å²) in [5.41, 5.74) is -0.184. The van der Waals surface area contributed by atoms with Gasteiger partial charge in [0.25, 0.3) is 5.69 Å². The molecule has 90 valence electrons. The van der Waals surface area contributed by atoms with Crippen LogP contribution in [-0.2, 0) is 4.79 Å². The molecule has 0 saturated carbocycles. The fourth-order valence-electron chi connectivity index (χ4n) is 1.89. The fourth-order valence-corrected chi connectivity index (χ4v) is 1.89. The molecule has 1 aliphatic rings. The standard InChI is InChI=1S/C11H11FN2O3/c12-9-7-8(14(16)17)4-5-10(9)13-6-2-1-3-11(13)15/h4-5,7H,1-3,6H2. The number of amides is 1. The van der Waals surface area contributed by atoms with Crippen molar-refractivity contribution < 1.29 is 14.1 Å². The summed E-state index contributed by atoms with van der Waals surface area (Å²) < 4.78 is 13.7. The minimum absolute atomic E-state index is 0.125. The minimum Gasteiger partial charge on any atom is -0.310 e. The van der Waals surface area contributed by atoms with Gasteiger partial charge in [0.05, 0.1) is 16.7 Å². The third kappa shape index (κ3) is 2.25. The number of non-ortho nitro benzene ring substituents is 1. The predicted molar refractivity (Wildman–Crippen MR) is 59.3 cm³/mol. The van der Waals surface area contributed by atoms with Gasteiger partial charge < -0.3 is 4.90 Å². The molecule has 1 aromatic rings. The summed E-state index contributed by atoms with van der Waals surface area (Å²) >= 11 is 0. The summed E-state index contributed by atoms with van der Waals surface area (Å²) in [4.78, 5) is 22.7. The first-order chi connectivity index (χ1) is 8.09. The molecule has 1 saturated heterocycles. The molecular weight excluding hydrogens is 227 g/mol. The van der Waals surface area contributed by atoms with Crippen molar-refractivity contribution in [3.8, 4) is 0 Å². The smallest absolute Gasteiger partial charge is 0.272 e. The molecule has 1 amide bonds. The molecule has 1 heterocycles. The number of carbonyl (C=O) groups is 1. The van der Waals surface area contributed by atoms with Crippen molar-refractivity contribution in [3.05, 3.63) is 34.1 Å². The Morgan fingerprint density at radius 1 is 1.35 bits per heavy atom. The zero-order valence-electron chi connectivity index (χ0n) is 9.06. The number of nitrogens with zero attached hydrogens (tertiary/aromatic N) is 2. The molecule has 0 aromatic heterocycles. The van der Waals surface area contributed by atoms with Crippen LogP contribution in [0.15, 0.2) is 18.2 Å². The maximum atomic E-state index is 13.7. The lowest BCUT2D eigenvalue weighted by Crippen LogP contribution is -2.35. The monoisotopic (exact) mass is 238 g/mol. The van der Waals surface area contributed by atoms with Crippen LogP contribution >= 0.6 is 0 Å². The predicted octanol–water partition coefficient (Wildman–Crippen LogP) is 2.25. The van der Waals surface area contributed by atoms with E-state index in [9.17, 15) is 19.3 Å². The average Bonchev–Trinajstić information content (AvgIpc) is 2.30. The van der Waals surface area contributed by atoms with Gasteiger partial charge in [0.1, 0.15) is 0 Å². The van der Waals surface area contributed by atoms with E-state index in [4.69, 9.17) is 0 Å². The molecule has 17 heavy (non-hydrogen) atoms. The van der Waals surface area contributed by atoms with E-state index in [2.05, 4.69) is 0 Å². The fraction of sp³-hybridized carbons (Fsp3) is 0.364. The van der Waals surface area contributed by atoms with Crippen LogP contribution in [0.25, 0.3) is 0 Å². The number of hydrogen-bond donors (Lipinski definition) is 0. The maximum absolute atomic E-state index is 13.7. The molecule has 0 N–H and O–H groups in total. The zero-order valence-corrected chi connectivity index (χ0v) is 9.06. The molecule has 5 nitrogen and oxygen atoms in total. The molecule has 0 aliphatic carbocycles. The van der Waals surface area contributed by atoms with Crippen molar-refractivity contribution in [3.63, 3.8) is 0 Å². The van der Waals surface area contributed by atoms with Crippen molar-refractivity contribution in [2.24, 2.45) is 0 Å². The highest BCUT2D eigenvalue weighted by Crippen LogP contribution is 2.26. The Morgan fingerprint density at radius 2 is 2.12 bits per heavy atom. The van der Waals surface area contributed by atoms with E-state index in [0.29, 0.717) is 13.0 Å². The molecule has 6 heteroatoms. The molecule has 1 aliphatic heterocycles. The van der Waals surface area contributed by atoms with Crippen molar-refractivity contribution in [2.75, 3.05) is 11.4 Å². The van der Waals surface area contributed by atoms with Crippen molar-refractivity contribution in [1.82, 2.24) is 0 Å². The third-order valence-electron chi connectivity index (χ3n) is 2.76. The number of nitro groups is 1. The molecule has 2 rings (SSSR count). The van der Waals surface area contributed by atoms with E-state index in [1.165, 1.54) is 17.0 Å². The number of rotatable bonds is 2. The molecule has 1 aromatic carbocycles. The maximum Gasteiger partial charge on any atom is 0.272 e. The van der Waals surface area contributed by atoms with Gasteiger partial charge in [0.15, 0.2) is 5.82 Å². The molecule has 1 fully saturated rings. The Kier molecular flexibility index (Phi) is 3.03. The minimum atomic E-state index is -0.727. The first-order valence-corrected chi connectivity index (χ1v) is 5.34. The van der Waals surface area contributed by atoms with E-state index >= 15 is 0 Å². The second-order valence-corrected chi connectivity index (χ2v) is 3.90. The van der Waals surface area contributed by atoms with Gasteiger partial charge in [0, 0.05) is 19.0 Å². The topological polar surface area (TPSA) is 63.5 Å². The van der Waals surface area contributed by atoms with E-state index in [0.717, 1.165) is 18.9 Å². The lowest BCUT2D eigenvalue weighted by atomic mass is 10.1. The van der Waals surface area contributed by atoms with Crippen LogP contribution < -0.4 is 4.90 Å². The molecule has 0 unspecified atom stereocenters. The molecular formula is C11H11FN2O3. The Balaban J connectivity index is 2.32. The van der Waals surface area contributed by atoms with E-state index in [1.807, 2.05) is 0 Å². The Hall–Kier alpha value is -1.98. The number of anilines is 1. The van der Waals surface area contributed by atoms with E-state index in [1.54, 1.807) is 0 Å². The van der Waals surface area contributed by atoms with E-state index in [-0.39, 0.29) is 17.3 Å². The molecule has 0 atom stereocenters. The lowest BCUT2D eigenvalue weighted by Gasteiger charge is -2.26. The second kappa shape index (κ2) is 4.48. The molecule has 0 bridgehead atoms. The molecule has 0 spiro atoms. The first-order valence-electron chi connectivity index (χ1n) is 5.34. The SMILES string of the molecule is O=C1CCCCN1c1ccc([N+](=O)[O-])cc1F. The zero-order chi connectivity index (χ0) is 12.4. The number of halogens is 1. The highest BCUT2D eigenvalue weighted by Gasteiger charge is 2.23. The summed E-state index contributed by atoms with van der Waals surface area (Å²) in [6.45, 7) is 0.466. The van der Waals surface area contributed by atoms with Crippen LogP contribution in [-0.4, -0.2) is 17.4 Å². The Labute approximate surface area is 97.0 Å². The van der Waals surface area contributed by atoms with Gasteiger partial charge in [-0.2, -0.15) is 0 Å². The van der Waals surface area contributed by atoms with Gasteiger partial charge >= 0.3 is 0 Å². The van der Waals surface area contributed by atoms with Gasteiger partial charge in [-0.25, -0.2) is 4.39 Å². The number of nitro benzene ring substituents is 1. The van der Waals surface area contributed by atoms with Gasteiger partial charge in [-0.1, -0.05) is 0 Å². The highest BCUT2D eigenvalue weighted by molar-refractivity contribution is 5.94. The van der Waals surface area contributed by atoms with Crippen molar-refractivity contribution in [2.45, 2.75) is 19.3 Å². The van der Waals surface area contributed by atoms with Crippen LogP contribution in [0.1, 0.15) is 19.3 Å². The van der Waals surface area contributed by atoms with Gasteiger partial charge in [0.2, 0.25) is 5.91 Å². The highest BCUT2D eigenvalue weighted by atomic mass is 19.1. The van der Waals surface area contributed by atoms with Crippen LogP contribution in [0.3, 0.4) is 0 Å². The average molecular weight is 238 g/mol. The van der Waals surface area contributed by atoms with Gasteiger partial charge in [-0.05, 0) is 18.9 Å². The summed E-state index contributed by atoms with van der Waals surface area (Å²) in [5, 5.41) is 10.5. The van der Waals surface area contributed by atoms with Gasteiger partial charge in [-0.3, -0.25) is 14.9 Å². The second-order valence-electron chi connectivity index (χ2n) is 3.90. The third-order valence-corrected chi connectivity index (χ3v) is 2.76. The summed E-state index contributed by atoms with van der Waals surface area (Å²) in [6, 6.07) is 3.34. The van der Waals surface area contributed by atoms with Crippen LogP contribution in [0, 0.1) is 15.9 Å². The normalized spacial score (nSPS) is 16.1. The summed E-state index contributed by atoms with van der Waals surface area (Å²) in [6.07, 6.45) is 2.03. The Bertz CT molecular complexity index is 476. The summed E-state index contributed by atoms with van der Waals surface area (Å²) in [5.74, 6) is -0.863. The number of piperidine rings is 1. The number of hydrogen-bond acceptors (Lipinski definition) is 3. The summed E-state index contributed by atoms with van der Waals surface area (Å²) in [7, 11) is 0. The van der Waals surface area contributed by atoms with Crippen molar-refractivity contribution >= 4 is 17.3 Å². The lowest BCUT2D eigenvalue weighted by molar-refractivity contribution is -0.385. The van der Waals surface area contributed by atoms with Crippen LogP contribution in [0.4, 0.5) is 15.8 Å².